The van der Waals surface area contributed by atoms with E-state index in [9.17, 15) is 8.78 Å². The molecular formula is C15H19F2N3S. The van der Waals surface area contributed by atoms with Gasteiger partial charge in [0.1, 0.15) is 11.6 Å². The van der Waals surface area contributed by atoms with E-state index in [-0.39, 0.29) is 5.56 Å². The average molecular weight is 311 g/mol. The van der Waals surface area contributed by atoms with Gasteiger partial charge in [-0.1, -0.05) is 24.4 Å². The zero-order chi connectivity index (χ0) is 15.4. The Morgan fingerprint density at radius 1 is 1.29 bits per heavy atom. The van der Waals surface area contributed by atoms with E-state index in [0.717, 1.165) is 17.0 Å². The lowest BCUT2D eigenvalue weighted by atomic mass is 9.99. The molecule has 1 N–H and O–H groups in total. The summed E-state index contributed by atoms with van der Waals surface area (Å²) in [5.41, 5.74) is 1.28. The van der Waals surface area contributed by atoms with E-state index < -0.39 is 17.7 Å². The number of nitrogens with zero attached hydrogens (tertiary/aromatic N) is 2. The highest BCUT2D eigenvalue weighted by atomic mass is 32.1. The van der Waals surface area contributed by atoms with E-state index in [1.165, 1.54) is 23.7 Å². The topological polar surface area (TPSA) is 37.8 Å². The molecule has 114 valence electrons. The number of aryl methyl sites for hydroxylation is 2. The maximum absolute atomic E-state index is 14.5. The van der Waals surface area contributed by atoms with Crippen LogP contribution in [0.3, 0.4) is 0 Å². The van der Waals surface area contributed by atoms with Crippen molar-refractivity contribution in [2.24, 2.45) is 0 Å². The molecule has 0 fully saturated rings. The molecule has 1 unspecified atom stereocenters. The third-order valence-electron chi connectivity index (χ3n) is 3.39. The van der Waals surface area contributed by atoms with Crippen molar-refractivity contribution < 1.29 is 8.78 Å². The predicted molar refractivity (Wildman–Crippen MR) is 80.5 cm³/mol. The highest BCUT2D eigenvalue weighted by molar-refractivity contribution is 7.05. The average Bonchev–Trinajstić information content (AvgIpc) is 2.95. The zero-order valence-corrected chi connectivity index (χ0v) is 13.2. The van der Waals surface area contributed by atoms with E-state index in [0.29, 0.717) is 18.5 Å². The highest BCUT2D eigenvalue weighted by Gasteiger charge is 2.26. The Morgan fingerprint density at radius 3 is 2.71 bits per heavy atom. The van der Waals surface area contributed by atoms with Gasteiger partial charge in [0.2, 0.25) is 0 Å². The van der Waals surface area contributed by atoms with Gasteiger partial charge in [0, 0.05) is 5.56 Å². The second kappa shape index (κ2) is 7.04. The van der Waals surface area contributed by atoms with E-state index in [1.807, 2.05) is 13.8 Å². The van der Waals surface area contributed by atoms with Gasteiger partial charge in [-0.15, -0.1) is 5.10 Å². The molecule has 2 aromatic rings. The van der Waals surface area contributed by atoms with Crippen LogP contribution in [-0.2, 0) is 6.42 Å². The number of nitrogens with one attached hydrogen (secondary N) is 1. The predicted octanol–water partition coefficient (Wildman–Crippen LogP) is 3.78. The van der Waals surface area contributed by atoms with Crippen molar-refractivity contribution in [3.63, 3.8) is 0 Å². The molecule has 0 saturated heterocycles. The fourth-order valence-electron chi connectivity index (χ4n) is 2.24. The third-order valence-corrected chi connectivity index (χ3v) is 4.22. The molecule has 2 rings (SSSR count). The lowest BCUT2D eigenvalue weighted by molar-refractivity contribution is 0.501. The maximum atomic E-state index is 14.5. The Labute approximate surface area is 127 Å². The molecule has 3 nitrogen and oxygen atoms in total. The molecular weight excluding hydrogens is 292 g/mol. The second-order valence-electron chi connectivity index (χ2n) is 4.92. The van der Waals surface area contributed by atoms with Crippen LogP contribution in [-0.4, -0.2) is 16.1 Å². The van der Waals surface area contributed by atoms with Gasteiger partial charge >= 0.3 is 0 Å². The van der Waals surface area contributed by atoms with Crippen molar-refractivity contribution in [2.75, 3.05) is 6.54 Å². The number of hydrogen-bond acceptors (Lipinski definition) is 4. The van der Waals surface area contributed by atoms with Crippen LogP contribution in [0, 0.1) is 18.6 Å². The summed E-state index contributed by atoms with van der Waals surface area (Å²) in [4.78, 5) is 0.786. The van der Waals surface area contributed by atoms with Gasteiger partial charge in [0.05, 0.1) is 16.6 Å². The van der Waals surface area contributed by atoms with Crippen LogP contribution in [0.1, 0.15) is 48.0 Å². The van der Waals surface area contributed by atoms with Crippen molar-refractivity contribution in [2.45, 2.75) is 39.7 Å². The van der Waals surface area contributed by atoms with E-state index in [2.05, 4.69) is 14.9 Å². The monoisotopic (exact) mass is 311 g/mol. The maximum Gasteiger partial charge on any atom is 0.134 e. The van der Waals surface area contributed by atoms with Gasteiger partial charge in [-0.25, -0.2) is 8.78 Å². The first kappa shape index (κ1) is 16.0. The lowest BCUT2D eigenvalue weighted by Crippen LogP contribution is -2.25. The van der Waals surface area contributed by atoms with Gasteiger partial charge in [0.15, 0.2) is 0 Å². The molecule has 1 atom stereocenters. The molecule has 0 bridgehead atoms. The number of halogens is 2. The molecule has 21 heavy (non-hydrogen) atoms. The van der Waals surface area contributed by atoms with Crippen LogP contribution in [0.2, 0.25) is 0 Å². The molecule has 0 radical (unpaired) electrons. The normalized spacial score (nSPS) is 12.6. The SMILES string of the molecule is CCCNC(c1snnc1CC)c1c(F)ccc(C)c1F. The molecule has 1 aromatic carbocycles. The van der Waals surface area contributed by atoms with Crippen LogP contribution in [0.4, 0.5) is 8.78 Å². The quantitative estimate of drug-likeness (QED) is 0.882. The van der Waals surface area contributed by atoms with Crippen molar-refractivity contribution in [1.82, 2.24) is 14.9 Å². The van der Waals surface area contributed by atoms with Crippen LogP contribution in [0.15, 0.2) is 12.1 Å². The standard InChI is InChI=1S/C15H19F2N3S/c1-4-8-18-14(15-11(5-2)19-20-21-15)12-10(16)7-6-9(3)13(12)17/h6-7,14,18H,4-5,8H2,1-3H3. The molecule has 6 heteroatoms. The first-order valence-electron chi connectivity index (χ1n) is 7.09. The number of benzene rings is 1. The summed E-state index contributed by atoms with van der Waals surface area (Å²) in [6.07, 6.45) is 1.56. The summed E-state index contributed by atoms with van der Waals surface area (Å²) in [7, 11) is 0. The Kier molecular flexibility index (Phi) is 5.36. The largest absolute Gasteiger partial charge is 0.305 e. The molecule has 1 heterocycles. The smallest absolute Gasteiger partial charge is 0.134 e. The highest BCUT2D eigenvalue weighted by Crippen LogP contribution is 2.32. The van der Waals surface area contributed by atoms with Crippen molar-refractivity contribution >= 4 is 11.5 Å². The van der Waals surface area contributed by atoms with Crippen molar-refractivity contribution in [3.8, 4) is 0 Å². The van der Waals surface area contributed by atoms with Crippen LogP contribution in [0.5, 0.6) is 0 Å². The summed E-state index contributed by atoms with van der Waals surface area (Å²) in [5.74, 6) is -1.04. The van der Waals surface area contributed by atoms with Crippen LogP contribution >= 0.6 is 11.5 Å². The zero-order valence-electron chi connectivity index (χ0n) is 12.4. The molecule has 0 amide bonds. The van der Waals surface area contributed by atoms with E-state index >= 15 is 0 Å². The molecule has 0 aliphatic rings. The second-order valence-corrected chi connectivity index (χ2v) is 5.70. The molecule has 1 aromatic heterocycles. The van der Waals surface area contributed by atoms with Crippen molar-refractivity contribution in [1.29, 1.82) is 0 Å². The van der Waals surface area contributed by atoms with E-state index in [4.69, 9.17) is 0 Å². The molecule has 0 aliphatic heterocycles. The summed E-state index contributed by atoms with van der Waals surface area (Å²) in [6.45, 7) is 6.28. The Bertz CT molecular complexity index is 613. The number of aromatic nitrogens is 2. The Balaban J connectivity index is 2.53. The lowest BCUT2D eigenvalue weighted by Gasteiger charge is -2.20. The Hall–Kier alpha value is -1.40. The minimum Gasteiger partial charge on any atom is -0.305 e. The number of hydrogen-bond donors (Lipinski definition) is 1. The van der Waals surface area contributed by atoms with Gasteiger partial charge in [-0.3, -0.25) is 0 Å². The molecule has 0 aliphatic carbocycles. The first-order chi connectivity index (χ1) is 10.1. The fourth-order valence-corrected chi connectivity index (χ4v) is 3.06. The minimum atomic E-state index is -0.542. The van der Waals surface area contributed by atoms with Crippen LogP contribution < -0.4 is 5.32 Å². The van der Waals surface area contributed by atoms with Crippen molar-refractivity contribution in [3.05, 3.63) is 45.5 Å². The summed E-state index contributed by atoms with van der Waals surface area (Å²) in [6, 6.07) is 2.23. The molecule has 0 spiro atoms. The van der Waals surface area contributed by atoms with E-state index in [1.54, 1.807) is 6.92 Å². The minimum absolute atomic E-state index is 0.0594. The molecule has 0 saturated carbocycles. The number of rotatable bonds is 6. The van der Waals surface area contributed by atoms with Crippen LogP contribution in [0.25, 0.3) is 0 Å². The fraction of sp³-hybridized carbons (Fsp3) is 0.467. The summed E-state index contributed by atoms with van der Waals surface area (Å²) in [5, 5.41) is 7.28. The van der Waals surface area contributed by atoms with Gasteiger partial charge in [-0.2, -0.15) is 0 Å². The summed E-state index contributed by atoms with van der Waals surface area (Å²) < 4.78 is 32.6. The van der Waals surface area contributed by atoms with Gasteiger partial charge in [-0.05, 0) is 49.5 Å². The third kappa shape index (κ3) is 3.27. The Morgan fingerprint density at radius 2 is 2.05 bits per heavy atom. The van der Waals surface area contributed by atoms with Gasteiger partial charge in [0.25, 0.3) is 0 Å². The van der Waals surface area contributed by atoms with Gasteiger partial charge < -0.3 is 5.32 Å². The summed E-state index contributed by atoms with van der Waals surface area (Å²) >= 11 is 1.19. The first-order valence-corrected chi connectivity index (χ1v) is 7.86.